The molecule has 10 rings (SSSR count). The monoisotopic (exact) mass is 1050 g/mol. The van der Waals surface area contributed by atoms with Crippen LogP contribution in [0.4, 0.5) is 31.8 Å². The zero-order chi connectivity index (χ0) is 53.0. The highest BCUT2D eigenvalue weighted by Crippen LogP contribution is 2.38. The third-order valence-corrected chi connectivity index (χ3v) is 15.1. The van der Waals surface area contributed by atoms with E-state index in [0.29, 0.717) is 37.6 Å². The van der Waals surface area contributed by atoms with Crippen molar-refractivity contribution in [2.45, 2.75) is 47.6 Å². The second-order valence-corrected chi connectivity index (χ2v) is 20.2. The minimum Gasteiger partial charge on any atom is -0.477 e. The van der Waals surface area contributed by atoms with Crippen LogP contribution in [0.15, 0.2) is 112 Å². The van der Waals surface area contributed by atoms with Crippen molar-refractivity contribution in [1.29, 1.82) is 0 Å². The van der Waals surface area contributed by atoms with Gasteiger partial charge in [-0.15, -0.1) is 0 Å². The minimum atomic E-state index is -4.00. The van der Waals surface area contributed by atoms with Gasteiger partial charge in [-0.05, 0) is 86.3 Å². The molecule has 4 fully saturated rings. The predicted molar refractivity (Wildman–Crippen MR) is 274 cm³/mol. The number of pyridine rings is 4. The van der Waals surface area contributed by atoms with Crippen LogP contribution in [0, 0.1) is 11.6 Å². The Morgan fingerprint density at radius 3 is 1.24 bits per heavy atom. The highest BCUT2D eigenvalue weighted by molar-refractivity contribution is 7.91. The average Bonchev–Trinajstić information content (AvgIpc) is 4.33. The number of carboxylic acid groups (broad SMARTS) is 2. The molecule has 2 aromatic carbocycles. The van der Waals surface area contributed by atoms with Gasteiger partial charge in [-0.2, -0.15) is 9.98 Å². The van der Waals surface area contributed by atoms with E-state index in [2.05, 4.69) is 29.9 Å². The van der Waals surface area contributed by atoms with Crippen LogP contribution in [-0.2, 0) is 9.84 Å². The first-order valence-electron chi connectivity index (χ1n) is 23.6. The fourth-order valence-corrected chi connectivity index (χ4v) is 10.3. The fourth-order valence-electron chi connectivity index (χ4n) is 9.01. The van der Waals surface area contributed by atoms with Gasteiger partial charge in [-0.25, -0.2) is 46.7 Å². The highest BCUT2D eigenvalue weighted by Gasteiger charge is 2.32. The summed E-state index contributed by atoms with van der Waals surface area (Å²) in [6.07, 6.45) is 5.68. The SMILES string of the molecule is NC(=Nc1ccc(S(=O)(=O)c2ccc(N=C(N)/N=C(\N)N3CCN(c4nc5c(cc4F)c(=O)c(C(=O)O)cn5C4CC4)CC3)cc2)cc1)/N=C(\N)N1CCN(c2nc3c(cc2F)c(=O)c(C(=O)O)cn3C2CC2)CC1. The van der Waals surface area contributed by atoms with Gasteiger partial charge in [0.05, 0.1) is 31.9 Å². The number of rotatable bonds is 10. The molecule has 0 amide bonds. The van der Waals surface area contributed by atoms with E-state index in [-0.39, 0.29) is 106 Å². The van der Waals surface area contributed by atoms with E-state index < -0.39 is 55.4 Å². The number of anilines is 2. The van der Waals surface area contributed by atoms with Crippen molar-refractivity contribution in [2.24, 2.45) is 42.9 Å². The summed E-state index contributed by atoms with van der Waals surface area (Å²) in [5, 5.41) is 18.9. The Morgan fingerprint density at radius 1 is 0.573 bits per heavy atom. The Bertz CT molecular complexity index is 3460. The zero-order valence-corrected chi connectivity index (χ0v) is 40.6. The maximum atomic E-state index is 15.5. The first-order valence-corrected chi connectivity index (χ1v) is 25.1. The number of hydrogen-bond acceptors (Lipinski definition) is 12. The van der Waals surface area contributed by atoms with Crippen LogP contribution in [0.5, 0.6) is 0 Å². The average molecular weight is 1050 g/mol. The number of halogens is 2. The van der Waals surface area contributed by atoms with Crippen LogP contribution in [-0.4, -0.2) is 136 Å². The maximum Gasteiger partial charge on any atom is 0.341 e. The van der Waals surface area contributed by atoms with E-state index in [0.717, 1.165) is 37.8 Å². The lowest BCUT2D eigenvalue weighted by atomic mass is 10.1. The van der Waals surface area contributed by atoms with E-state index in [1.165, 1.54) is 60.9 Å². The second-order valence-electron chi connectivity index (χ2n) is 18.3. The molecule has 2 aliphatic heterocycles. The Hall–Kier alpha value is -9.01. The third-order valence-electron chi connectivity index (χ3n) is 13.3. The van der Waals surface area contributed by atoms with Gasteiger partial charge in [0.2, 0.25) is 32.6 Å². The summed E-state index contributed by atoms with van der Waals surface area (Å²) < 4.78 is 61.3. The molecule has 0 bridgehead atoms. The number of aromatic nitrogens is 4. The van der Waals surface area contributed by atoms with Gasteiger partial charge in [-0.1, -0.05) is 0 Å². The number of carboxylic acids is 2. The molecule has 6 aromatic rings. The Labute approximate surface area is 424 Å². The van der Waals surface area contributed by atoms with Gasteiger partial charge in [0, 0.05) is 76.8 Å². The largest absolute Gasteiger partial charge is 0.477 e. The number of sulfone groups is 1. The number of nitrogens with zero attached hydrogens (tertiary/aromatic N) is 12. The van der Waals surface area contributed by atoms with Crippen LogP contribution < -0.4 is 43.6 Å². The molecule has 24 nitrogen and oxygen atoms in total. The van der Waals surface area contributed by atoms with Crippen molar-refractivity contribution in [1.82, 2.24) is 28.9 Å². The topological polar surface area (TPSA) is 345 Å². The van der Waals surface area contributed by atoms with Crippen molar-refractivity contribution >= 4 is 90.7 Å². The smallest absolute Gasteiger partial charge is 0.341 e. The predicted octanol–water partition coefficient (Wildman–Crippen LogP) is 2.45. The molecule has 4 aliphatic rings. The van der Waals surface area contributed by atoms with Gasteiger partial charge in [-0.3, -0.25) is 9.59 Å². The summed E-state index contributed by atoms with van der Waals surface area (Å²) in [4.78, 5) is 81.9. The van der Waals surface area contributed by atoms with Crippen molar-refractivity contribution in [2.75, 3.05) is 62.2 Å². The quantitative estimate of drug-likeness (QED) is 0.0847. The van der Waals surface area contributed by atoms with Gasteiger partial charge in [0.1, 0.15) is 22.4 Å². The van der Waals surface area contributed by atoms with Crippen LogP contribution in [0.1, 0.15) is 58.5 Å². The Kier molecular flexibility index (Phi) is 12.8. The molecular formula is C48H48F2N16O8S. The van der Waals surface area contributed by atoms with Gasteiger partial charge in [0.25, 0.3) is 0 Å². The number of fused-ring (bicyclic) bond motifs is 2. The number of aromatic carboxylic acids is 2. The van der Waals surface area contributed by atoms with Crippen LogP contribution >= 0.6 is 0 Å². The molecule has 27 heteroatoms. The molecular weight excluding hydrogens is 999 g/mol. The third kappa shape index (κ3) is 9.95. The molecule has 0 unspecified atom stereocenters. The van der Waals surface area contributed by atoms with Crippen molar-refractivity contribution in [3.63, 3.8) is 0 Å². The van der Waals surface area contributed by atoms with E-state index in [1.807, 2.05) is 0 Å². The van der Waals surface area contributed by atoms with Crippen molar-refractivity contribution in [3.8, 4) is 0 Å². The van der Waals surface area contributed by atoms with Crippen molar-refractivity contribution in [3.05, 3.63) is 116 Å². The number of aliphatic imine (C=N–C) groups is 4. The Balaban J connectivity index is 0.735. The summed E-state index contributed by atoms with van der Waals surface area (Å²) in [5.74, 6) is -4.57. The molecule has 2 aliphatic carbocycles. The van der Waals surface area contributed by atoms with E-state index in [1.54, 1.807) is 28.7 Å². The molecule has 388 valence electrons. The maximum absolute atomic E-state index is 15.5. The first-order chi connectivity index (χ1) is 35.8. The molecule has 4 aromatic heterocycles. The lowest BCUT2D eigenvalue weighted by molar-refractivity contribution is 0.0684. The second kappa shape index (κ2) is 19.4. The number of nitrogens with two attached hydrogens (primary N) is 4. The van der Waals surface area contributed by atoms with E-state index >= 15 is 8.78 Å². The molecule has 0 radical (unpaired) electrons. The number of piperazine rings is 2. The van der Waals surface area contributed by atoms with Gasteiger partial charge < -0.3 is 61.9 Å². The van der Waals surface area contributed by atoms with E-state index in [9.17, 15) is 37.8 Å². The lowest BCUT2D eigenvalue weighted by Crippen LogP contribution is -2.52. The Morgan fingerprint density at radius 2 is 0.920 bits per heavy atom. The van der Waals surface area contributed by atoms with Gasteiger partial charge >= 0.3 is 11.9 Å². The number of hydrogen-bond donors (Lipinski definition) is 6. The fraction of sp³-hybridized carbons (Fsp3) is 0.292. The van der Waals surface area contributed by atoms with E-state index in [4.69, 9.17) is 22.9 Å². The molecule has 2 saturated carbocycles. The summed E-state index contributed by atoms with van der Waals surface area (Å²) in [7, 11) is -4.00. The summed E-state index contributed by atoms with van der Waals surface area (Å²) in [6.45, 7) is 2.34. The molecule has 0 spiro atoms. The standard InChI is InChI=1S/C48H48F2N16O8S/c49-35-21-31-37(67)33(43(69)70)23-65(27-5-6-27)39(31)57-41(35)61-13-17-63(18-14-61)47(53)59-45(51)55-25-1-9-29(10-2-25)75(73,74)30-11-3-26(4-12-30)56-46(52)60-48(54)64-19-15-62(16-20-64)42-36(50)22-32-38(68)34(44(71)72)24-66(28-7-8-28)40(32)58-42/h1-4,9-12,21-24,27-28H,5-8,13-20H2,(H,69,70)(H,71,72)(H4,51,53,55,59)(H4,52,54,56,60). The normalized spacial score (nSPS) is 17.3. The summed E-state index contributed by atoms with van der Waals surface area (Å²) >= 11 is 0. The highest BCUT2D eigenvalue weighted by atomic mass is 32.2. The molecule has 6 heterocycles. The molecule has 2 saturated heterocycles. The van der Waals surface area contributed by atoms with Crippen LogP contribution in [0.25, 0.3) is 22.1 Å². The van der Waals surface area contributed by atoms with Crippen LogP contribution in [0.3, 0.4) is 0 Å². The lowest BCUT2D eigenvalue weighted by Gasteiger charge is -2.36. The molecule has 75 heavy (non-hydrogen) atoms. The number of carbonyl (C=O) groups is 2. The molecule has 10 N–H and O–H groups in total. The zero-order valence-electron chi connectivity index (χ0n) is 39.8. The van der Waals surface area contributed by atoms with Gasteiger partial charge in [0.15, 0.2) is 35.2 Å². The number of benzene rings is 2. The first kappa shape index (κ1) is 49.6. The number of guanidine groups is 4. The molecule has 0 atom stereocenters. The van der Waals surface area contributed by atoms with Crippen molar-refractivity contribution < 1.29 is 37.0 Å². The summed E-state index contributed by atoms with van der Waals surface area (Å²) in [6, 6.07) is 13.3. The summed E-state index contributed by atoms with van der Waals surface area (Å²) in [5.41, 5.74) is 23.3. The minimum absolute atomic E-state index is 0.0246. The van der Waals surface area contributed by atoms with Crippen LogP contribution in [0.2, 0.25) is 0 Å².